The first-order valence-electron chi connectivity index (χ1n) is 14.1. The van der Waals surface area contributed by atoms with Gasteiger partial charge in [-0.1, -0.05) is 51.5 Å². The molecule has 2 aromatic carbocycles. The predicted molar refractivity (Wildman–Crippen MR) is 203 cm³/mol. The summed E-state index contributed by atoms with van der Waals surface area (Å²) in [5.74, 6) is 0.398. The molecule has 51 heavy (non-hydrogen) atoms. The van der Waals surface area contributed by atoms with E-state index >= 15 is 0 Å². The molecule has 0 amide bonds. The number of nitrogens with zero attached hydrogens (tertiary/aromatic N) is 4. The van der Waals surface area contributed by atoms with Crippen molar-refractivity contribution >= 4 is 108 Å². The first kappa shape index (κ1) is 54.4. The van der Waals surface area contributed by atoms with Crippen LogP contribution in [0.25, 0.3) is 0 Å². The number of hydrogen-bond acceptors (Lipinski definition) is 11. The van der Waals surface area contributed by atoms with Gasteiger partial charge in [-0.05, 0) is 112 Å². The van der Waals surface area contributed by atoms with E-state index in [0.29, 0.717) is 21.6 Å². The Bertz CT molecular complexity index is 1880. The number of halogens is 6. The van der Waals surface area contributed by atoms with Gasteiger partial charge < -0.3 is 31.4 Å². The van der Waals surface area contributed by atoms with Crippen molar-refractivity contribution in [3.8, 4) is 0 Å². The number of anilines is 3. The summed E-state index contributed by atoms with van der Waals surface area (Å²) in [7, 11) is -9.08. The second kappa shape index (κ2) is 27.1. The van der Waals surface area contributed by atoms with Crippen LogP contribution < -0.4 is 134 Å². The molecule has 0 aliphatic rings. The second-order valence-corrected chi connectivity index (χ2v) is 19.1. The smallest absolute Gasteiger partial charge is 1.00 e. The third kappa shape index (κ3) is 20.9. The molecule has 0 aliphatic carbocycles. The molecule has 2 heterocycles. The molecule has 0 spiro atoms. The average Bonchev–Trinajstić information content (AvgIpc) is 2.96. The summed E-state index contributed by atoms with van der Waals surface area (Å²) in [6.07, 6.45) is 2.77. The minimum atomic E-state index is -3.37. The van der Waals surface area contributed by atoms with Gasteiger partial charge in [-0.15, -0.1) is 0 Å². The van der Waals surface area contributed by atoms with E-state index in [0.717, 1.165) is 38.6 Å². The summed E-state index contributed by atoms with van der Waals surface area (Å²) in [6, 6.07) is 7.64. The summed E-state index contributed by atoms with van der Waals surface area (Å²) in [4.78, 5) is 32.0. The van der Waals surface area contributed by atoms with Gasteiger partial charge in [0.05, 0.1) is 31.6 Å². The molecule has 2 aromatic heterocycles. The van der Waals surface area contributed by atoms with E-state index < -0.39 is 29.7 Å². The number of aryl methyl sites for hydroxylation is 2. The van der Waals surface area contributed by atoms with Gasteiger partial charge in [-0.3, -0.25) is 4.39 Å². The monoisotopic (exact) mass is 915 g/mol. The van der Waals surface area contributed by atoms with Crippen LogP contribution in [0.5, 0.6) is 0 Å². The molecule has 3 N–H and O–H groups in total. The largest absolute Gasteiger partial charge is 1.00 e. The van der Waals surface area contributed by atoms with Gasteiger partial charge in [0.2, 0.25) is 10.6 Å². The SMILES string of the molecule is Cc1ccc(N)c(P(C)(C)=O)c1C.Cc1ccc(Nc2nc(Cl)ncc2Cl)c(P(C)(C)=O)c1C.Clc1ncc(Cl)c(Cl)n1.O=[P+]([O-])[O-].[2H]CF.[H-].[K+].[K+]. The molecule has 0 saturated carbocycles. The van der Waals surface area contributed by atoms with Crippen LogP contribution in [0.4, 0.5) is 21.6 Å². The minimum Gasteiger partial charge on any atom is -1.00 e. The molecule has 0 radical (unpaired) electrons. The van der Waals surface area contributed by atoms with E-state index in [2.05, 4.69) is 25.3 Å². The van der Waals surface area contributed by atoms with Crippen molar-refractivity contribution in [1.82, 2.24) is 19.9 Å². The molecule has 272 valence electrons. The van der Waals surface area contributed by atoms with Crippen LogP contribution in [0.3, 0.4) is 0 Å². The first-order chi connectivity index (χ1) is 22.9. The van der Waals surface area contributed by atoms with Crippen LogP contribution in [-0.2, 0) is 13.7 Å². The topological polar surface area (TPSA) is 187 Å². The minimum absolute atomic E-state index is 0. The molecule has 0 aliphatic heterocycles. The van der Waals surface area contributed by atoms with E-state index in [4.69, 9.17) is 79.5 Å². The Labute approximate surface area is 412 Å². The molecule has 11 nitrogen and oxygen atoms in total. The van der Waals surface area contributed by atoms with Gasteiger partial charge in [0.1, 0.15) is 19.3 Å². The number of nitrogens with one attached hydrogen (secondary N) is 1. The van der Waals surface area contributed by atoms with Crippen LogP contribution >= 0.6 is 80.5 Å². The van der Waals surface area contributed by atoms with Crippen molar-refractivity contribution in [3.63, 3.8) is 0 Å². The standard InChI is InChI=1S/C14H16Cl2N3OP.C10H16NOP.C4HCl3N2.CH3F.2K.HO3P.H/c1-8-5-6-11(12(9(8)2)21(3,4)20)18-13-10(15)7-17-14(16)19-13;1-7-5-6-9(11)10(8(7)2)13(3,4)12;5-2-1-8-4(7)9-3(2)6;1-2;;;1-4(2)3;/h5-7H,1-4H3,(H,17,18,19);5-6H,11H2,1-4H3;1H;1H3;;;(H,1,2,3);/q;;;;2*+1;;-1/p-1/i;;;1D;;;;. The van der Waals surface area contributed by atoms with E-state index in [9.17, 15) is 13.5 Å². The van der Waals surface area contributed by atoms with Gasteiger partial charge in [0.15, 0.2) is 11.0 Å². The summed E-state index contributed by atoms with van der Waals surface area (Å²) in [5.41, 5.74) is 11.5. The third-order valence-electron chi connectivity index (χ3n) is 6.15. The third-order valence-corrected chi connectivity index (χ3v) is 10.8. The number of hydrogen-bond donors (Lipinski definition) is 2. The summed E-state index contributed by atoms with van der Waals surface area (Å²) in [6.45, 7) is 14.9. The Kier molecular flexibility index (Phi) is 28.9. The Morgan fingerprint density at radius 1 is 0.804 bits per heavy atom. The zero-order chi connectivity index (χ0) is 39.1. The number of nitrogens with two attached hydrogens (primary N) is 1. The fourth-order valence-corrected chi connectivity index (χ4v) is 8.06. The summed E-state index contributed by atoms with van der Waals surface area (Å²) in [5, 5.41) is 5.79. The maximum atomic E-state index is 12.6. The van der Waals surface area contributed by atoms with Crippen LogP contribution in [0, 0.1) is 27.7 Å². The fraction of sp³-hybridized carbons (Fsp3) is 0.310. The zero-order valence-electron chi connectivity index (χ0n) is 31.7. The maximum absolute atomic E-state index is 12.6. The van der Waals surface area contributed by atoms with Crippen molar-refractivity contribution in [1.29, 1.82) is 0 Å². The van der Waals surface area contributed by atoms with E-state index in [1.54, 1.807) is 26.7 Å². The summed E-state index contributed by atoms with van der Waals surface area (Å²) >= 11 is 28.1. The van der Waals surface area contributed by atoms with Gasteiger partial charge in [0.25, 0.3) is 8.25 Å². The molecular weight excluding hydrogens is 880 g/mol. The molecule has 4 aromatic rings. The fourth-order valence-electron chi connectivity index (χ4n) is 4.02. The Hall–Kier alpha value is 1.33. The quantitative estimate of drug-likeness (QED) is 0.100. The van der Waals surface area contributed by atoms with Crippen molar-refractivity contribution in [2.75, 3.05) is 44.9 Å². The van der Waals surface area contributed by atoms with E-state index in [1.165, 1.54) is 12.4 Å². The van der Waals surface area contributed by atoms with Crippen molar-refractivity contribution in [2.24, 2.45) is 0 Å². The van der Waals surface area contributed by atoms with Gasteiger partial charge in [0, 0.05) is 16.3 Å². The molecule has 0 unspecified atom stereocenters. The average molecular weight is 918 g/mol. The Morgan fingerprint density at radius 2 is 1.20 bits per heavy atom. The Balaban J connectivity index is -0.000000323. The number of benzene rings is 2. The number of aromatic nitrogens is 4. The molecule has 0 fully saturated rings. The maximum Gasteiger partial charge on any atom is 1.00 e. The predicted octanol–water partition coefficient (Wildman–Crippen LogP) is 2.03. The second-order valence-electron chi connectivity index (χ2n) is 10.5. The number of nitrogen functional groups attached to an aromatic ring is 1. The van der Waals surface area contributed by atoms with Gasteiger partial charge in [-0.2, -0.15) is 4.98 Å². The number of alkyl halides is 1. The van der Waals surface area contributed by atoms with E-state index in [1.807, 2.05) is 52.0 Å². The molecule has 4 rings (SSSR count). The number of rotatable bonds is 4. The Morgan fingerprint density at radius 3 is 1.59 bits per heavy atom. The molecule has 0 saturated heterocycles. The van der Waals surface area contributed by atoms with Crippen molar-refractivity contribution in [2.45, 2.75) is 27.7 Å². The van der Waals surface area contributed by atoms with Crippen LogP contribution in [0.2, 0.25) is 25.8 Å². The molecule has 0 atom stereocenters. The van der Waals surface area contributed by atoms with Crippen LogP contribution in [0.1, 0.15) is 25.1 Å². The molecule has 0 bridgehead atoms. The normalized spacial score (nSPS) is 10.3. The van der Waals surface area contributed by atoms with Crippen molar-refractivity contribution in [3.05, 3.63) is 84.7 Å². The van der Waals surface area contributed by atoms with E-state index in [-0.39, 0.29) is 120 Å². The van der Waals surface area contributed by atoms with Crippen LogP contribution in [-0.4, -0.2) is 53.7 Å². The first-order valence-corrected chi connectivity index (χ1v) is 21.6. The van der Waals surface area contributed by atoms with Crippen LogP contribution in [0.15, 0.2) is 36.7 Å². The van der Waals surface area contributed by atoms with Gasteiger partial charge in [-0.25, -0.2) is 15.0 Å². The zero-order valence-corrected chi connectivity index (χ0v) is 42.4. The molecular formula is C29H37Cl5FK2N6O5P3. The molecule has 22 heteroatoms. The van der Waals surface area contributed by atoms with Crippen molar-refractivity contribution < 1.29 is 133 Å². The summed E-state index contributed by atoms with van der Waals surface area (Å²) < 4.78 is 48.5. The van der Waals surface area contributed by atoms with Gasteiger partial charge >= 0.3 is 103 Å².